The summed E-state index contributed by atoms with van der Waals surface area (Å²) in [6.07, 6.45) is 8.50. The SMILES string of the molecule is CCCNC(C1CCCC1)C1SCCSC1CC. The molecule has 106 valence electrons. The highest BCUT2D eigenvalue weighted by atomic mass is 32.2. The van der Waals surface area contributed by atoms with E-state index >= 15 is 0 Å². The van der Waals surface area contributed by atoms with Crippen LogP contribution in [0.15, 0.2) is 0 Å². The van der Waals surface area contributed by atoms with Crippen molar-refractivity contribution in [3.63, 3.8) is 0 Å². The fourth-order valence-corrected chi connectivity index (χ4v) is 6.79. The van der Waals surface area contributed by atoms with E-state index in [2.05, 4.69) is 42.7 Å². The molecule has 0 amide bonds. The minimum Gasteiger partial charge on any atom is -0.313 e. The topological polar surface area (TPSA) is 12.0 Å². The number of rotatable bonds is 6. The summed E-state index contributed by atoms with van der Waals surface area (Å²) in [6, 6.07) is 0.787. The molecule has 2 rings (SSSR count). The van der Waals surface area contributed by atoms with E-state index in [9.17, 15) is 0 Å². The van der Waals surface area contributed by atoms with E-state index in [1.165, 1.54) is 56.6 Å². The zero-order chi connectivity index (χ0) is 12.8. The van der Waals surface area contributed by atoms with Gasteiger partial charge in [0, 0.05) is 28.0 Å². The van der Waals surface area contributed by atoms with Crippen molar-refractivity contribution in [1.82, 2.24) is 5.32 Å². The number of nitrogens with one attached hydrogen (secondary N) is 1. The summed E-state index contributed by atoms with van der Waals surface area (Å²) in [4.78, 5) is 0. The fraction of sp³-hybridized carbons (Fsp3) is 1.00. The van der Waals surface area contributed by atoms with Crippen LogP contribution in [-0.2, 0) is 0 Å². The molecule has 1 aliphatic heterocycles. The second kappa shape index (κ2) is 8.06. The maximum absolute atomic E-state index is 3.91. The molecule has 18 heavy (non-hydrogen) atoms. The van der Waals surface area contributed by atoms with Gasteiger partial charge in [0.2, 0.25) is 0 Å². The Morgan fingerprint density at radius 2 is 1.83 bits per heavy atom. The van der Waals surface area contributed by atoms with Gasteiger partial charge in [0.25, 0.3) is 0 Å². The van der Waals surface area contributed by atoms with Crippen LogP contribution in [0.5, 0.6) is 0 Å². The minimum absolute atomic E-state index is 0.787. The van der Waals surface area contributed by atoms with Gasteiger partial charge in [-0.3, -0.25) is 0 Å². The van der Waals surface area contributed by atoms with Crippen LogP contribution in [0, 0.1) is 5.92 Å². The predicted molar refractivity (Wildman–Crippen MR) is 86.8 cm³/mol. The largest absolute Gasteiger partial charge is 0.313 e. The molecular formula is C15H29NS2. The molecule has 1 saturated carbocycles. The zero-order valence-corrected chi connectivity index (χ0v) is 13.6. The molecule has 3 atom stereocenters. The normalized spacial score (nSPS) is 31.7. The third-order valence-corrected chi connectivity index (χ3v) is 7.76. The highest BCUT2D eigenvalue weighted by molar-refractivity contribution is 8.07. The first-order chi connectivity index (χ1) is 8.86. The van der Waals surface area contributed by atoms with Crippen molar-refractivity contribution < 1.29 is 0 Å². The van der Waals surface area contributed by atoms with Crippen LogP contribution in [0.4, 0.5) is 0 Å². The standard InChI is InChI=1S/C15H29NS2/c1-3-9-16-14(12-7-5-6-8-12)15-13(4-2)17-10-11-18-15/h12-16H,3-11H2,1-2H3. The van der Waals surface area contributed by atoms with Crippen LogP contribution in [0.2, 0.25) is 0 Å². The molecule has 0 aromatic carbocycles. The van der Waals surface area contributed by atoms with Crippen LogP contribution in [0.3, 0.4) is 0 Å². The number of hydrogen-bond donors (Lipinski definition) is 1. The minimum atomic E-state index is 0.787. The lowest BCUT2D eigenvalue weighted by Crippen LogP contribution is -2.49. The van der Waals surface area contributed by atoms with Crippen molar-refractivity contribution in [2.45, 2.75) is 68.9 Å². The van der Waals surface area contributed by atoms with E-state index in [1.54, 1.807) is 0 Å². The second-order valence-corrected chi connectivity index (χ2v) is 8.31. The van der Waals surface area contributed by atoms with Crippen LogP contribution in [0.25, 0.3) is 0 Å². The van der Waals surface area contributed by atoms with Crippen molar-refractivity contribution >= 4 is 23.5 Å². The van der Waals surface area contributed by atoms with Gasteiger partial charge in [0.05, 0.1) is 0 Å². The third-order valence-electron chi connectivity index (χ3n) is 4.39. The summed E-state index contributed by atoms with van der Waals surface area (Å²) in [7, 11) is 0. The lowest BCUT2D eigenvalue weighted by atomic mass is 9.92. The molecule has 1 saturated heterocycles. The Labute approximate surface area is 122 Å². The molecule has 0 aromatic rings. The number of thioether (sulfide) groups is 2. The van der Waals surface area contributed by atoms with E-state index in [4.69, 9.17) is 0 Å². The van der Waals surface area contributed by atoms with Gasteiger partial charge < -0.3 is 5.32 Å². The maximum Gasteiger partial charge on any atom is 0.0322 e. The molecule has 3 unspecified atom stereocenters. The monoisotopic (exact) mass is 287 g/mol. The van der Waals surface area contributed by atoms with Crippen LogP contribution in [-0.4, -0.2) is 34.6 Å². The van der Waals surface area contributed by atoms with Gasteiger partial charge in [-0.25, -0.2) is 0 Å². The lowest BCUT2D eigenvalue weighted by Gasteiger charge is -2.39. The molecule has 2 aliphatic rings. The Morgan fingerprint density at radius 1 is 1.11 bits per heavy atom. The summed E-state index contributed by atoms with van der Waals surface area (Å²) >= 11 is 4.49. The Balaban J connectivity index is 2.00. The Morgan fingerprint density at radius 3 is 2.50 bits per heavy atom. The molecule has 0 bridgehead atoms. The fourth-order valence-electron chi connectivity index (χ4n) is 3.45. The summed E-state index contributed by atoms with van der Waals surface area (Å²) < 4.78 is 0. The average molecular weight is 288 g/mol. The Kier molecular flexibility index (Phi) is 6.74. The van der Waals surface area contributed by atoms with Crippen LogP contribution < -0.4 is 5.32 Å². The van der Waals surface area contributed by atoms with Crippen molar-refractivity contribution in [3.05, 3.63) is 0 Å². The molecule has 1 heterocycles. The zero-order valence-electron chi connectivity index (χ0n) is 12.0. The summed E-state index contributed by atoms with van der Waals surface area (Å²) in [5.41, 5.74) is 0. The van der Waals surface area contributed by atoms with Crippen molar-refractivity contribution in [1.29, 1.82) is 0 Å². The molecule has 2 fully saturated rings. The van der Waals surface area contributed by atoms with Gasteiger partial charge in [-0.1, -0.05) is 26.7 Å². The summed E-state index contributed by atoms with van der Waals surface area (Å²) in [5, 5.41) is 5.66. The Bertz CT molecular complexity index is 229. The van der Waals surface area contributed by atoms with Crippen molar-refractivity contribution in [3.8, 4) is 0 Å². The quantitative estimate of drug-likeness (QED) is 0.787. The van der Waals surface area contributed by atoms with E-state index < -0.39 is 0 Å². The first kappa shape index (κ1) is 15.1. The first-order valence-electron chi connectivity index (χ1n) is 7.83. The lowest BCUT2D eigenvalue weighted by molar-refractivity contribution is 0.344. The third kappa shape index (κ3) is 3.83. The maximum atomic E-state index is 3.91. The molecule has 1 N–H and O–H groups in total. The second-order valence-electron chi connectivity index (χ2n) is 5.68. The van der Waals surface area contributed by atoms with Crippen LogP contribution >= 0.6 is 23.5 Å². The average Bonchev–Trinajstić information content (AvgIpc) is 2.94. The van der Waals surface area contributed by atoms with E-state index in [0.717, 1.165) is 22.5 Å². The van der Waals surface area contributed by atoms with Gasteiger partial charge in [-0.2, -0.15) is 23.5 Å². The van der Waals surface area contributed by atoms with E-state index in [0.29, 0.717) is 0 Å². The van der Waals surface area contributed by atoms with Gasteiger partial charge in [0.1, 0.15) is 0 Å². The van der Waals surface area contributed by atoms with Crippen LogP contribution in [0.1, 0.15) is 52.4 Å². The molecule has 0 spiro atoms. The van der Waals surface area contributed by atoms with E-state index in [-0.39, 0.29) is 0 Å². The molecule has 1 aliphatic carbocycles. The number of hydrogen-bond acceptors (Lipinski definition) is 3. The van der Waals surface area contributed by atoms with Crippen molar-refractivity contribution in [2.24, 2.45) is 5.92 Å². The molecule has 0 aromatic heterocycles. The smallest absolute Gasteiger partial charge is 0.0322 e. The highest BCUT2D eigenvalue weighted by Crippen LogP contribution is 2.40. The van der Waals surface area contributed by atoms with Gasteiger partial charge in [-0.05, 0) is 38.1 Å². The summed E-state index contributed by atoms with van der Waals surface area (Å²) in [5.74, 6) is 3.69. The van der Waals surface area contributed by atoms with Gasteiger partial charge in [0.15, 0.2) is 0 Å². The van der Waals surface area contributed by atoms with Gasteiger partial charge in [-0.15, -0.1) is 0 Å². The van der Waals surface area contributed by atoms with E-state index in [1.807, 2.05) is 0 Å². The van der Waals surface area contributed by atoms with Gasteiger partial charge >= 0.3 is 0 Å². The molecule has 0 radical (unpaired) electrons. The van der Waals surface area contributed by atoms with Crippen molar-refractivity contribution in [2.75, 3.05) is 18.1 Å². The first-order valence-corrected chi connectivity index (χ1v) is 9.93. The Hall–Kier alpha value is 0.660. The molecular weight excluding hydrogens is 258 g/mol. The summed E-state index contributed by atoms with van der Waals surface area (Å²) in [6.45, 7) is 5.88. The molecule has 1 nitrogen and oxygen atoms in total. The highest BCUT2D eigenvalue weighted by Gasteiger charge is 2.37. The predicted octanol–water partition coefficient (Wildman–Crippen LogP) is 4.17. The molecule has 3 heteroatoms.